The van der Waals surface area contributed by atoms with E-state index in [9.17, 15) is 23.1 Å². The van der Waals surface area contributed by atoms with Crippen LogP contribution in [0.1, 0.15) is 73.4 Å². The van der Waals surface area contributed by atoms with Gasteiger partial charge in [-0.05, 0) is 72.1 Å². The van der Waals surface area contributed by atoms with E-state index in [1.165, 1.54) is 31.0 Å². The molecule has 1 unspecified atom stereocenters. The monoisotopic (exact) mass is 588 g/mol. The molecule has 1 aliphatic carbocycles. The third-order valence-corrected chi connectivity index (χ3v) is 10.2. The van der Waals surface area contributed by atoms with Crippen LogP contribution >= 0.6 is 11.8 Å². The van der Waals surface area contributed by atoms with E-state index in [0.717, 1.165) is 41.5 Å². The second-order valence-electron chi connectivity index (χ2n) is 10.9. The van der Waals surface area contributed by atoms with Crippen molar-refractivity contribution in [1.29, 1.82) is 0 Å². The molecule has 0 radical (unpaired) electrons. The molecule has 0 aromatic heterocycles. The van der Waals surface area contributed by atoms with Crippen LogP contribution in [-0.4, -0.2) is 61.0 Å². The number of benzene rings is 2. The van der Waals surface area contributed by atoms with Crippen molar-refractivity contribution in [2.75, 3.05) is 23.5 Å². The van der Waals surface area contributed by atoms with Crippen molar-refractivity contribution in [2.45, 2.75) is 77.4 Å². The maximum atomic E-state index is 13.4. The fourth-order valence-corrected chi connectivity index (χ4v) is 7.02. The lowest BCUT2D eigenvalue weighted by atomic mass is 9.85. The van der Waals surface area contributed by atoms with Gasteiger partial charge >= 0.3 is 5.97 Å². The van der Waals surface area contributed by atoms with Crippen LogP contribution in [-0.2, 0) is 21.2 Å². The minimum absolute atomic E-state index is 0.123. The Hall–Kier alpha value is -2.36. The molecule has 0 saturated heterocycles. The first-order valence-electron chi connectivity index (χ1n) is 14.3. The molecule has 2 atom stereocenters. The molecule has 7 nitrogen and oxygen atoms in total. The lowest BCUT2D eigenvalue weighted by Gasteiger charge is -2.27. The lowest BCUT2D eigenvalue weighted by molar-refractivity contribution is -0.139. The normalized spacial score (nSPS) is 15.9. The number of carboxylic acids is 1. The quantitative estimate of drug-likeness (QED) is 0.253. The zero-order valence-electron chi connectivity index (χ0n) is 23.9. The van der Waals surface area contributed by atoms with E-state index in [0.29, 0.717) is 30.2 Å². The average Bonchev–Trinajstić information content (AvgIpc) is 2.94. The van der Waals surface area contributed by atoms with Gasteiger partial charge in [0.25, 0.3) is 5.91 Å². The predicted molar refractivity (Wildman–Crippen MR) is 165 cm³/mol. The molecule has 2 aromatic rings. The van der Waals surface area contributed by atoms with Crippen molar-refractivity contribution in [3.63, 3.8) is 0 Å². The number of aliphatic carboxylic acids is 1. The van der Waals surface area contributed by atoms with Gasteiger partial charge in [0, 0.05) is 23.9 Å². The van der Waals surface area contributed by atoms with Gasteiger partial charge in [0.15, 0.2) is 9.84 Å². The van der Waals surface area contributed by atoms with Crippen LogP contribution in [0.3, 0.4) is 0 Å². The summed E-state index contributed by atoms with van der Waals surface area (Å²) in [6.07, 6.45) is 9.07. The Morgan fingerprint density at radius 3 is 2.45 bits per heavy atom. The summed E-state index contributed by atoms with van der Waals surface area (Å²) in [6, 6.07) is 12.3. The van der Waals surface area contributed by atoms with Gasteiger partial charge in [-0.3, -0.25) is 4.79 Å². The largest absolute Gasteiger partial charge is 0.480 e. The van der Waals surface area contributed by atoms with E-state index in [2.05, 4.69) is 10.6 Å². The zero-order chi connectivity index (χ0) is 29.1. The summed E-state index contributed by atoms with van der Waals surface area (Å²) in [5.74, 6) is -0.0480. The van der Waals surface area contributed by atoms with Crippen LogP contribution in [0, 0.1) is 12.8 Å². The molecule has 0 aliphatic heterocycles. The smallest absolute Gasteiger partial charge is 0.326 e. The van der Waals surface area contributed by atoms with Crippen LogP contribution in [0.4, 0.5) is 0 Å². The highest BCUT2D eigenvalue weighted by atomic mass is 32.2. The molecule has 1 saturated carbocycles. The molecular weight excluding hydrogens is 544 g/mol. The van der Waals surface area contributed by atoms with Crippen molar-refractivity contribution >= 4 is 33.5 Å². The van der Waals surface area contributed by atoms with Crippen LogP contribution in [0.5, 0.6) is 0 Å². The molecule has 9 heteroatoms. The minimum atomic E-state index is -3.14. The van der Waals surface area contributed by atoms with Crippen LogP contribution in [0.15, 0.2) is 42.5 Å². The van der Waals surface area contributed by atoms with Crippen molar-refractivity contribution in [1.82, 2.24) is 10.6 Å². The number of nitrogens with one attached hydrogen (secondary N) is 2. The topological polar surface area (TPSA) is 113 Å². The number of hydrogen-bond donors (Lipinski definition) is 3. The fraction of sp³-hybridized carbons (Fsp3) is 0.548. The molecule has 220 valence electrons. The van der Waals surface area contributed by atoms with Gasteiger partial charge in [-0.25, -0.2) is 13.2 Å². The molecule has 0 spiro atoms. The highest BCUT2D eigenvalue weighted by molar-refractivity contribution is 7.98. The van der Waals surface area contributed by atoms with E-state index in [1.54, 1.807) is 13.0 Å². The molecule has 1 fully saturated rings. The lowest BCUT2D eigenvalue weighted by Crippen LogP contribution is -2.41. The predicted octanol–water partition coefficient (Wildman–Crippen LogP) is 5.46. The van der Waals surface area contributed by atoms with E-state index < -0.39 is 27.8 Å². The van der Waals surface area contributed by atoms with Gasteiger partial charge in [-0.2, -0.15) is 11.8 Å². The molecule has 40 heavy (non-hydrogen) atoms. The average molecular weight is 589 g/mol. The number of carbonyl (C=O) groups is 2. The van der Waals surface area contributed by atoms with E-state index in [1.807, 2.05) is 49.6 Å². The first-order chi connectivity index (χ1) is 19.1. The van der Waals surface area contributed by atoms with Crippen molar-refractivity contribution in [2.24, 2.45) is 5.92 Å². The molecule has 0 heterocycles. The van der Waals surface area contributed by atoms with Crippen molar-refractivity contribution in [3.8, 4) is 11.1 Å². The molecule has 3 N–H and O–H groups in total. The Bertz CT molecular complexity index is 1240. The fourth-order valence-electron chi connectivity index (χ4n) is 5.45. The second kappa shape index (κ2) is 15.6. The number of hydrogen-bond acceptors (Lipinski definition) is 6. The number of amides is 1. The molecule has 1 amide bonds. The van der Waals surface area contributed by atoms with Gasteiger partial charge in [0.1, 0.15) is 6.04 Å². The molecule has 2 aromatic carbocycles. The maximum Gasteiger partial charge on any atom is 0.326 e. The number of thioether (sulfide) groups is 1. The summed E-state index contributed by atoms with van der Waals surface area (Å²) in [6.45, 7) is 4.15. The van der Waals surface area contributed by atoms with Gasteiger partial charge in [0.2, 0.25) is 0 Å². The Morgan fingerprint density at radius 1 is 1.07 bits per heavy atom. The highest BCUT2D eigenvalue weighted by Crippen LogP contribution is 2.30. The van der Waals surface area contributed by atoms with Gasteiger partial charge < -0.3 is 15.7 Å². The van der Waals surface area contributed by atoms with E-state index in [-0.39, 0.29) is 17.5 Å². The van der Waals surface area contributed by atoms with Gasteiger partial charge in [-0.1, -0.05) is 69.4 Å². The number of rotatable bonds is 15. The summed E-state index contributed by atoms with van der Waals surface area (Å²) in [4.78, 5) is 25.1. The van der Waals surface area contributed by atoms with Crippen molar-refractivity contribution in [3.05, 3.63) is 59.2 Å². The van der Waals surface area contributed by atoms with Crippen molar-refractivity contribution < 1.29 is 23.1 Å². The summed E-state index contributed by atoms with van der Waals surface area (Å²) in [7, 11) is -3.14. The summed E-state index contributed by atoms with van der Waals surface area (Å²) in [5.41, 5.74) is 3.99. The maximum absolute atomic E-state index is 13.4. The Balaban J connectivity index is 1.87. The number of sulfone groups is 1. The summed E-state index contributed by atoms with van der Waals surface area (Å²) in [5, 5.41) is 15.9. The Kier molecular flexibility index (Phi) is 12.5. The Morgan fingerprint density at radius 2 is 1.80 bits per heavy atom. The van der Waals surface area contributed by atoms with Gasteiger partial charge in [-0.15, -0.1) is 0 Å². The second-order valence-corrected chi connectivity index (χ2v) is 14.2. The summed E-state index contributed by atoms with van der Waals surface area (Å²) >= 11 is 1.54. The number of carboxylic acid groups (broad SMARTS) is 1. The van der Waals surface area contributed by atoms with E-state index >= 15 is 0 Å². The summed E-state index contributed by atoms with van der Waals surface area (Å²) < 4.78 is 25.1. The number of carbonyl (C=O) groups excluding carboxylic acids is 1. The van der Waals surface area contributed by atoms with Crippen LogP contribution < -0.4 is 10.6 Å². The number of aryl methyl sites for hydroxylation is 1. The first-order valence-corrected chi connectivity index (χ1v) is 17.5. The molecular formula is C31H44N2O5S2. The SMILES string of the molecule is CCS(=O)(=O)CC(CC1CCCCC1)NCc1ccc(C(=O)N[C@@H](CCSC)C(=O)O)c(-c2ccccc2C)c1. The van der Waals surface area contributed by atoms with Gasteiger partial charge in [0.05, 0.1) is 5.75 Å². The molecule has 1 aliphatic rings. The zero-order valence-corrected chi connectivity index (χ0v) is 25.6. The van der Waals surface area contributed by atoms with Crippen LogP contribution in [0.2, 0.25) is 0 Å². The Labute approximate surface area is 243 Å². The molecule has 0 bridgehead atoms. The minimum Gasteiger partial charge on any atom is -0.480 e. The van der Waals surface area contributed by atoms with Crippen LogP contribution in [0.25, 0.3) is 11.1 Å². The highest BCUT2D eigenvalue weighted by Gasteiger charge is 2.25. The standard InChI is InChI=1S/C31H44N2O5S2/c1-4-40(37,38)21-25(18-23-11-6-5-7-12-23)32-20-24-14-15-27(28(19-24)26-13-9-8-10-22(26)2)30(34)33-29(31(35)36)16-17-39-3/h8-10,13-15,19,23,25,29,32H,4-7,11-12,16-18,20-21H2,1-3H3,(H,33,34)(H,35,36)/t25?,29-/m0/s1. The first kappa shape index (κ1) is 32.2. The third-order valence-electron chi connectivity index (χ3n) is 7.81. The molecule has 3 rings (SSSR count). The van der Waals surface area contributed by atoms with E-state index in [4.69, 9.17) is 0 Å². The third kappa shape index (κ3) is 9.63.